The number of hydrogen-bond donors (Lipinski definition) is 3. The number of carbonyl (C=O) groups is 4. The van der Waals surface area contributed by atoms with Crippen LogP contribution in [0.4, 0.5) is 0 Å². The molecule has 0 aliphatic heterocycles. The van der Waals surface area contributed by atoms with Gasteiger partial charge in [0.1, 0.15) is 19.3 Å². The molecule has 0 aliphatic carbocycles. The molecule has 0 bridgehead atoms. The van der Waals surface area contributed by atoms with Crippen molar-refractivity contribution in [3.63, 3.8) is 0 Å². The van der Waals surface area contributed by atoms with E-state index in [1.54, 1.807) is 0 Å². The molecular weight excluding hydrogens is 1170 g/mol. The molecule has 0 aliphatic rings. The van der Waals surface area contributed by atoms with Crippen molar-refractivity contribution in [2.24, 2.45) is 5.92 Å². The highest BCUT2D eigenvalue weighted by molar-refractivity contribution is 7.47. The van der Waals surface area contributed by atoms with Gasteiger partial charge in [0.15, 0.2) is 12.2 Å². The van der Waals surface area contributed by atoms with Gasteiger partial charge >= 0.3 is 39.5 Å². The van der Waals surface area contributed by atoms with Crippen LogP contribution in [0.25, 0.3) is 0 Å². The Labute approximate surface area is 543 Å². The van der Waals surface area contributed by atoms with E-state index < -0.39 is 97.5 Å². The first-order valence-corrected chi connectivity index (χ1v) is 39.7. The summed E-state index contributed by atoms with van der Waals surface area (Å²) < 4.78 is 68.3. The molecule has 0 heterocycles. The Balaban J connectivity index is 5.24. The summed E-state index contributed by atoms with van der Waals surface area (Å²) in [6.07, 6.45) is 49.8. The lowest BCUT2D eigenvalue weighted by molar-refractivity contribution is -0.161. The Bertz CT molecular complexity index is 1720. The molecule has 0 aromatic heterocycles. The first kappa shape index (κ1) is 87.1. The third-order valence-corrected chi connectivity index (χ3v) is 18.5. The van der Waals surface area contributed by atoms with Crippen molar-refractivity contribution in [3.8, 4) is 0 Å². The van der Waals surface area contributed by atoms with Gasteiger partial charge in [-0.25, -0.2) is 9.13 Å². The predicted molar refractivity (Wildman–Crippen MR) is 358 cm³/mol. The molecule has 19 heteroatoms. The van der Waals surface area contributed by atoms with Gasteiger partial charge in [0.25, 0.3) is 0 Å². The molecule has 0 saturated carbocycles. The lowest BCUT2D eigenvalue weighted by Gasteiger charge is -2.21. The third-order valence-electron chi connectivity index (χ3n) is 16.6. The molecule has 6 atom stereocenters. The fourth-order valence-electron chi connectivity index (χ4n) is 10.6. The number of aliphatic hydroxyl groups excluding tert-OH is 1. The molecule has 0 aromatic carbocycles. The highest BCUT2D eigenvalue weighted by Gasteiger charge is 2.30. The average Bonchev–Trinajstić information content (AvgIpc) is 3.71. The Morgan fingerprint density at radius 2 is 0.539 bits per heavy atom. The number of unbranched alkanes of at least 4 members (excludes halogenated alkanes) is 41. The number of aliphatic hydroxyl groups is 1. The van der Waals surface area contributed by atoms with E-state index in [-0.39, 0.29) is 25.7 Å². The average molecular weight is 1310 g/mol. The van der Waals surface area contributed by atoms with Crippen LogP contribution in [0.2, 0.25) is 0 Å². The summed E-state index contributed by atoms with van der Waals surface area (Å²) in [6.45, 7) is 7.24. The minimum Gasteiger partial charge on any atom is -0.462 e. The van der Waals surface area contributed by atoms with Crippen LogP contribution in [-0.2, 0) is 65.4 Å². The predicted octanol–water partition coefficient (Wildman–Crippen LogP) is 20.1. The maximum Gasteiger partial charge on any atom is 0.472 e. The van der Waals surface area contributed by atoms with Crippen molar-refractivity contribution in [3.05, 3.63) is 0 Å². The fourth-order valence-corrected chi connectivity index (χ4v) is 12.2. The monoisotopic (exact) mass is 1310 g/mol. The minimum atomic E-state index is -4.95. The van der Waals surface area contributed by atoms with Crippen molar-refractivity contribution in [2.75, 3.05) is 39.6 Å². The molecule has 0 aromatic rings. The number of rotatable bonds is 70. The number of phosphoric acid groups is 2. The Kier molecular flexibility index (Phi) is 62.1. The fraction of sp³-hybridized carbons (Fsp3) is 0.943. The van der Waals surface area contributed by atoms with Crippen LogP contribution >= 0.6 is 15.6 Å². The number of esters is 4. The van der Waals surface area contributed by atoms with E-state index in [0.717, 1.165) is 95.8 Å². The van der Waals surface area contributed by atoms with Crippen molar-refractivity contribution in [1.29, 1.82) is 0 Å². The molecule has 17 nitrogen and oxygen atoms in total. The van der Waals surface area contributed by atoms with E-state index in [0.29, 0.717) is 25.7 Å². The van der Waals surface area contributed by atoms with E-state index in [4.69, 9.17) is 37.0 Å². The maximum atomic E-state index is 13.0. The van der Waals surface area contributed by atoms with Gasteiger partial charge in [-0.2, -0.15) is 0 Å². The quantitative estimate of drug-likeness (QED) is 0.0222. The summed E-state index contributed by atoms with van der Waals surface area (Å²) in [7, 11) is -9.90. The molecule has 0 fully saturated rings. The Morgan fingerprint density at radius 1 is 0.315 bits per heavy atom. The lowest BCUT2D eigenvalue weighted by Crippen LogP contribution is -2.30. The van der Waals surface area contributed by atoms with Gasteiger partial charge < -0.3 is 33.8 Å². The van der Waals surface area contributed by atoms with Crippen molar-refractivity contribution < 1.29 is 80.2 Å². The van der Waals surface area contributed by atoms with Crippen molar-refractivity contribution in [1.82, 2.24) is 0 Å². The molecular formula is C70H136O17P2. The molecule has 89 heavy (non-hydrogen) atoms. The van der Waals surface area contributed by atoms with Crippen LogP contribution in [0.3, 0.4) is 0 Å². The first-order chi connectivity index (χ1) is 43.1. The van der Waals surface area contributed by atoms with E-state index in [2.05, 4.69) is 34.6 Å². The summed E-state index contributed by atoms with van der Waals surface area (Å²) in [4.78, 5) is 72.5. The molecule has 0 spiro atoms. The lowest BCUT2D eigenvalue weighted by atomic mass is 9.99. The van der Waals surface area contributed by atoms with Gasteiger partial charge in [0.05, 0.1) is 26.4 Å². The first-order valence-electron chi connectivity index (χ1n) is 36.7. The zero-order chi connectivity index (χ0) is 65.6. The SMILES string of the molecule is CCCCCCCCCCCCCCCCC(=O)OC[C@H](COP(=O)(O)OC[C@@H](O)COP(=O)(O)OC[C@@H](COC(=O)CCCCCCCCCCC)OC(=O)CCCCCCCCCCC(C)CC)OC(=O)CCCCCCCCCCCCCCCC. The summed E-state index contributed by atoms with van der Waals surface area (Å²) in [5.41, 5.74) is 0. The maximum absolute atomic E-state index is 13.0. The molecule has 3 N–H and O–H groups in total. The van der Waals surface area contributed by atoms with Gasteiger partial charge in [-0.1, -0.05) is 311 Å². The summed E-state index contributed by atoms with van der Waals surface area (Å²) >= 11 is 0. The van der Waals surface area contributed by atoms with Crippen LogP contribution in [0.1, 0.15) is 362 Å². The molecule has 528 valence electrons. The number of ether oxygens (including phenoxy) is 4. The van der Waals surface area contributed by atoms with Crippen LogP contribution in [-0.4, -0.2) is 96.7 Å². The summed E-state index contributed by atoms with van der Waals surface area (Å²) in [5.74, 6) is -1.35. The largest absolute Gasteiger partial charge is 0.472 e. The highest BCUT2D eigenvalue weighted by Crippen LogP contribution is 2.45. The van der Waals surface area contributed by atoms with Crippen LogP contribution in [0.15, 0.2) is 0 Å². The molecule has 0 amide bonds. The van der Waals surface area contributed by atoms with Gasteiger partial charge in [0.2, 0.25) is 0 Å². The van der Waals surface area contributed by atoms with E-state index in [9.17, 15) is 43.2 Å². The van der Waals surface area contributed by atoms with E-state index in [1.165, 1.54) is 186 Å². The molecule has 0 rings (SSSR count). The molecule has 0 saturated heterocycles. The molecule has 3 unspecified atom stereocenters. The van der Waals surface area contributed by atoms with Crippen molar-refractivity contribution >= 4 is 39.5 Å². The molecule has 0 radical (unpaired) electrons. The minimum absolute atomic E-state index is 0.105. The second-order valence-corrected chi connectivity index (χ2v) is 28.4. The topological polar surface area (TPSA) is 237 Å². The Morgan fingerprint density at radius 3 is 0.798 bits per heavy atom. The standard InChI is InChI=1S/C70H136O17P2/c1-6-10-13-16-19-22-24-26-28-30-33-39-44-49-54-68(73)81-60-65(86-69(74)55-50-45-40-34-31-29-27-25-23-20-17-14-11-7-2)61-84-88(76,77)82-57-64(71)58-83-89(78,79)85-62-66(59-80-67(72)53-48-43-38-32-21-18-15-12-8-3)87-70(75)56-51-46-41-36-35-37-42-47-52-63(5)9-4/h63-66,71H,6-62H2,1-5H3,(H,76,77)(H,78,79)/t63?,64-,65-,66-/m1/s1. The van der Waals surface area contributed by atoms with Crippen molar-refractivity contribution in [2.45, 2.75) is 380 Å². The zero-order valence-corrected chi connectivity index (χ0v) is 59.4. The normalized spacial score (nSPS) is 14.4. The van der Waals surface area contributed by atoms with Gasteiger partial charge in [-0.15, -0.1) is 0 Å². The van der Waals surface area contributed by atoms with E-state index in [1.807, 2.05) is 0 Å². The summed E-state index contributed by atoms with van der Waals surface area (Å²) in [5, 5.41) is 10.6. The number of carbonyl (C=O) groups excluding carboxylic acids is 4. The number of hydrogen-bond acceptors (Lipinski definition) is 15. The van der Waals surface area contributed by atoms with Gasteiger partial charge in [0, 0.05) is 25.7 Å². The summed E-state index contributed by atoms with van der Waals surface area (Å²) in [6, 6.07) is 0. The smallest absolute Gasteiger partial charge is 0.462 e. The van der Waals surface area contributed by atoms with Crippen LogP contribution in [0.5, 0.6) is 0 Å². The Hall–Kier alpha value is -1.94. The second-order valence-electron chi connectivity index (χ2n) is 25.5. The van der Waals surface area contributed by atoms with Gasteiger partial charge in [-0.05, 0) is 31.6 Å². The van der Waals surface area contributed by atoms with Crippen LogP contribution in [0, 0.1) is 5.92 Å². The van der Waals surface area contributed by atoms with Crippen LogP contribution < -0.4 is 0 Å². The van der Waals surface area contributed by atoms with E-state index >= 15 is 0 Å². The van der Waals surface area contributed by atoms with Gasteiger partial charge in [-0.3, -0.25) is 37.3 Å². The third kappa shape index (κ3) is 63.2. The zero-order valence-electron chi connectivity index (χ0n) is 57.6. The number of phosphoric ester groups is 2. The second kappa shape index (κ2) is 63.5. The highest BCUT2D eigenvalue weighted by atomic mass is 31.2.